The van der Waals surface area contributed by atoms with Crippen LogP contribution in [0.5, 0.6) is 5.75 Å². The first-order valence-corrected chi connectivity index (χ1v) is 5.26. The summed E-state index contributed by atoms with van der Waals surface area (Å²) < 4.78 is 14.2. The fourth-order valence-electron chi connectivity index (χ4n) is 0.995. The maximum absolute atomic E-state index is 10.4. The average Bonchev–Trinajstić information content (AvgIpc) is 2.46. The molecule has 0 fully saturated rings. The van der Waals surface area contributed by atoms with Crippen LogP contribution in [0, 0.1) is 0 Å². The van der Waals surface area contributed by atoms with Gasteiger partial charge in [0.1, 0.15) is 12.0 Å². The molecule has 0 spiro atoms. The van der Waals surface area contributed by atoms with Crippen LogP contribution in [-0.4, -0.2) is 40.2 Å². The summed E-state index contributed by atoms with van der Waals surface area (Å²) in [6.45, 7) is 1.83. The number of ether oxygens (including phenoxy) is 3. The van der Waals surface area contributed by atoms with Crippen molar-refractivity contribution in [2.45, 2.75) is 13.2 Å². The van der Waals surface area contributed by atoms with Crippen molar-refractivity contribution in [3.8, 4) is 5.75 Å². The molecule has 0 aliphatic carbocycles. The van der Waals surface area contributed by atoms with Crippen LogP contribution in [0.4, 0.5) is 0 Å². The number of aldehydes is 2. The van der Waals surface area contributed by atoms with Crippen LogP contribution in [0.2, 0.25) is 0 Å². The zero-order chi connectivity index (χ0) is 14.0. The summed E-state index contributed by atoms with van der Waals surface area (Å²) in [5, 5.41) is 0. The predicted molar refractivity (Wildman–Crippen MR) is 67.2 cm³/mol. The Kier molecular flexibility index (Phi) is 8.43. The van der Waals surface area contributed by atoms with Crippen molar-refractivity contribution in [1.82, 2.24) is 0 Å². The van der Waals surface area contributed by atoms with Crippen LogP contribution in [0.1, 0.15) is 27.6 Å². The Morgan fingerprint density at radius 1 is 1.06 bits per heavy atom. The molecule has 0 aromatic heterocycles. The normalized spacial score (nSPS) is 9.39. The standard InChI is InChI=1S/C9H8O3.C4H10O2/c1-12-9-4-7(5-10)2-3-8(9)6-11;1-4(5-2)6-3/h2-6H,1H3;4H,1-3H3. The Balaban J connectivity index is 0.000000411. The topological polar surface area (TPSA) is 61.8 Å². The molecule has 0 unspecified atom stereocenters. The fourth-order valence-corrected chi connectivity index (χ4v) is 0.995. The lowest BCUT2D eigenvalue weighted by atomic mass is 10.1. The minimum Gasteiger partial charge on any atom is -0.496 e. The van der Waals surface area contributed by atoms with Gasteiger partial charge in [-0.05, 0) is 19.1 Å². The quantitative estimate of drug-likeness (QED) is 0.593. The zero-order valence-electron chi connectivity index (χ0n) is 11.0. The second kappa shape index (κ2) is 9.32. The van der Waals surface area contributed by atoms with Crippen molar-refractivity contribution >= 4 is 12.6 Å². The van der Waals surface area contributed by atoms with E-state index in [1.165, 1.54) is 13.2 Å². The van der Waals surface area contributed by atoms with E-state index >= 15 is 0 Å². The van der Waals surface area contributed by atoms with Crippen LogP contribution >= 0.6 is 0 Å². The van der Waals surface area contributed by atoms with Crippen LogP contribution in [0.25, 0.3) is 0 Å². The van der Waals surface area contributed by atoms with E-state index in [1.54, 1.807) is 26.4 Å². The summed E-state index contributed by atoms with van der Waals surface area (Å²) >= 11 is 0. The van der Waals surface area contributed by atoms with Crippen molar-refractivity contribution < 1.29 is 23.8 Å². The maximum atomic E-state index is 10.4. The van der Waals surface area contributed by atoms with Crippen LogP contribution < -0.4 is 4.74 Å². The van der Waals surface area contributed by atoms with E-state index in [4.69, 9.17) is 4.74 Å². The largest absolute Gasteiger partial charge is 0.496 e. The van der Waals surface area contributed by atoms with Crippen molar-refractivity contribution in [1.29, 1.82) is 0 Å². The number of carbonyl (C=O) groups is 2. The van der Waals surface area contributed by atoms with Gasteiger partial charge >= 0.3 is 0 Å². The third-order valence-corrected chi connectivity index (χ3v) is 2.18. The van der Waals surface area contributed by atoms with Gasteiger partial charge in [-0.2, -0.15) is 0 Å². The van der Waals surface area contributed by atoms with E-state index in [0.29, 0.717) is 29.4 Å². The van der Waals surface area contributed by atoms with Crippen LogP contribution in [-0.2, 0) is 9.47 Å². The van der Waals surface area contributed by atoms with E-state index in [9.17, 15) is 9.59 Å². The zero-order valence-corrected chi connectivity index (χ0v) is 11.0. The lowest BCUT2D eigenvalue weighted by Crippen LogP contribution is -2.05. The van der Waals surface area contributed by atoms with Gasteiger partial charge in [-0.1, -0.05) is 6.07 Å². The minimum absolute atomic E-state index is 0.0648. The first-order chi connectivity index (χ1) is 8.62. The summed E-state index contributed by atoms with van der Waals surface area (Å²) in [7, 11) is 4.67. The summed E-state index contributed by atoms with van der Waals surface area (Å²) in [5.41, 5.74) is 0.945. The van der Waals surface area contributed by atoms with Gasteiger partial charge in [0.2, 0.25) is 0 Å². The van der Waals surface area contributed by atoms with E-state index in [1.807, 2.05) is 6.92 Å². The molecule has 1 aromatic carbocycles. The van der Waals surface area contributed by atoms with Gasteiger partial charge in [0.05, 0.1) is 12.7 Å². The molecule has 5 heteroatoms. The minimum atomic E-state index is -0.0648. The average molecular weight is 254 g/mol. The van der Waals surface area contributed by atoms with Gasteiger partial charge in [0, 0.05) is 19.8 Å². The predicted octanol–water partition coefficient (Wildman–Crippen LogP) is 1.95. The third-order valence-electron chi connectivity index (χ3n) is 2.18. The van der Waals surface area contributed by atoms with Crippen molar-refractivity contribution in [2.75, 3.05) is 21.3 Å². The highest BCUT2D eigenvalue weighted by atomic mass is 16.7. The highest BCUT2D eigenvalue weighted by Gasteiger charge is 2.01. The number of methoxy groups -OCH3 is 3. The van der Waals surface area contributed by atoms with Gasteiger partial charge in [0.25, 0.3) is 0 Å². The van der Waals surface area contributed by atoms with E-state index in [0.717, 1.165) is 0 Å². The molecule has 0 bridgehead atoms. The fraction of sp³-hybridized carbons (Fsp3) is 0.385. The van der Waals surface area contributed by atoms with Gasteiger partial charge in [-0.25, -0.2) is 0 Å². The molecule has 5 nitrogen and oxygen atoms in total. The molecule has 0 amide bonds. The summed E-state index contributed by atoms with van der Waals surface area (Å²) in [5.74, 6) is 0.426. The van der Waals surface area contributed by atoms with E-state index in [2.05, 4.69) is 9.47 Å². The number of benzene rings is 1. The van der Waals surface area contributed by atoms with E-state index in [-0.39, 0.29) is 6.29 Å². The Labute approximate surface area is 107 Å². The second-order valence-corrected chi connectivity index (χ2v) is 3.28. The highest BCUT2D eigenvalue weighted by molar-refractivity contribution is 5.83. The highest BCUT2D eigenvalue weighted by Crippen LogP contribution is 2.16. The molecule has 18 heavy (non-hydrogen) atoms. The van der Waals surface area contributed by atoms with Crippen molar-refractivity contribution in [3.63, 3.8) is 0 Å². The molecule has 1 aromatic rings. The van der Waals surface area contributed by atoms with Gasteiger partial charge in [-0.15, -0.1) is 0 Å². The van der Waals surface area contributed by atoms with Gasteiger partial charge in [-0.3, -0.25) is 9.59 Å². The summed E-state index contributed by atoms with van der Waals surface area (Å²) in [6.07, 6.45) is 1.33. The second-order valence-electron chi connectivity index (χ2n) is 3.28. The maximum Gasteiger partial charge on any atom is 0.154 e. The molecule has 0 saturated carbocycles. The van der Waals surface area contributed by atoms with Crippen molar-refractivity contribution in [3.05, 3.63) is 29.3 Å². The molecule has 1 rings (SSSR count). The monoisotopic (exact) mass is 254 g/mol. The number of hydrogen-bond acceptors (Lipinski definition) is 5. The molecule has 100 valence electrons. The Hall–Kier alpha value is -1.72. The van der Waals surface area contributed by atoms with Gasteiger partial charge < -0.3 is 14.2 Å². The molecule has 0 aliphatic rings. The lowest BCUT2D eigenvalue weighted by molar-refractivity contribution is -0.0877. The van der Waals surface area contributed by atoms with Crippen LogP contribution in [0.15, 0.2) is 18.2 Å². The summed E-state index contributed by atoms with van der Waals surface area (Å²) in [4.78, 5) is 20.7. The van der Waals surface area contributed by atoms with E-state index < -0.39 is 0 Å². The Bertz CT molecular complexity index is 372. The van der Waals surface area contributed by atoms with Gasteiger partial charge in [0.15, 0.2) is 12.6 Å². The molecular formula is C13H18O5. The smallest absolute Gasteiger partial charge is 0.154 e. The molecule has 0 aliphatic heterocycles. The Morgan fingerprint density at radius 3 is 2.00 bits per heavy atom. The van der Waals surface area contributed by atoms with Crippen LogP contribution in [0.3, 0.4) is 0 Å². The number of rotatable bonds is 5. The molecule has 0 heterocycles. The Morgan fingerprint density at radius 2 is 1.67 bits per heavy atom. The number of hydrogen-bond donors (Lipinski definition) is 0. The van der Waals surface area contributed by atoms with Crippen molar-refractivity contribution in [2.24, 2.45) is 0 Å². The molecular weight excluding hydrogens is 236 g/mol. The molecule has 0 saturated heterocycles. The SMILES string of the molecule is COC(C)OC.COc1cc(C=O)ccc1C=O. The third kappa shape index (κ3) is 5.56. The lowest BCUT2D eigenvalue weighted by Gasteiger charge is -2.03. The first kappa shape index (κ1) is 16.3. The number of carbonyl (C=O) groups excluding carboxylic acids is 2. The first-order valence-electron chi connectivity index (χ1n) is 5.26. The molecule has 0 radical (unpaired) electrons. The molecule has 0 N–H and O–H groups in total. The summed E-state index contributed by atoms with van der Waals surface area (Å²) in [6, 6.07) is 4.64. The molecule has 0 atom stereocenters.